The van der Waals surface area contributed by atoms with Crippen LogP contribution in [0.1, 0.15) is 58.8 Å². The first-order valence-electron chi connectivity index (χ1n) is 9.32. The predicted octanol–water partition coefficient (Wildman–Crippen LogP) is 2.96. The van der Waals surface area contributed by atoms with Crippen molar-refractivity contribution in [1.29, 1.82) is 0 Å². The fraction of sp³-hybridized carbons (Fsp3) is 1.00. The standard InChI is InChI=1S/C18H37N3/c1-4-12-19-15-18(10-6-7-11-18)16-20(3)17-8-13-21(5-2)14-9-17/h17,19H,4-16H2,1-3H3. The zero-order chi connectivity index (χ0) is 15.1. The number of nitrogens with one attached hydrogen (secondary N) is 1. The second-order valence-corrected chi connectivity index (χ2v) is 7.46. The van der Waals surface area contributed by atoms with Crippen molar-refractivity contribution in [2.75, 3.05) is 46.3 Å². The molecule has 1 aliphatic carbocycles. The molecule has 0 amide bonds. The zero-order valence-corrected chi connectivity index (χ0v) is 14.7. The van der Waals surface area contributed by atoms with Gasteiger partial charge in [-0.25, -0.2) is 0 Å². The van der Waals surface area contributed by atoms with Crippen molar-refractivity contribution in [3.63, 3.8) is 0 Å². The summed E-state index contributed by atoms with van der Waals surface area (Å²) < 4.78 is 0. The molecule has 0 aromatic heterocycles. The Kier molecular flexibility index (Phi) is 6.97. The Balaban J connectivity index is 1.82. The number of piperidine rings is 1. The molecule has 0 radical (unpaired) electrons. The Hall–Kier alpha value is -0.120. The maximum absolute atomic E-state index is 3.71. The first kappa shape index (κ1) is 17.2. The van der Waals surface area contributed by atoms with E-state index in [0.717, 1.165) is 6.04 Å². The lowest BCUT2D eigenvalue weighted by atomic mass is 9.84. The number of nitrogens with zero attached hydrogens (tertiary/aromatic N) is 2. The van der Waals surface area contributed by atoms with E-state index in [1.54, 1.807) is 0 Å². The molecule has 3 heteroatoms. The molecule has 0 aromatic rings. The second kappa shape index (κ2) is 8.50. The molecular formula is C18H37N3. The maximum Gasteiger partial charge on any atom is 0.0117 e. The van der Waals surface area contributed by atoms with Crippen LogP contribution < -0.4 is 5.32 Å². The number of rotatable bonds is 8. The van der Waals surface area contributed by atoms with Gasteiger partial charge in [-0.1, -0.05) is 26.7 Å². The summed E-state index contributed by atoms with van der Waals surface area (Å²) in [5, 5.41) is 3.71. The summed E-state index contributed by atoms with van der Waals surface area (Å²) in [6.45, 7) is 12.1. The van der Waals surface area contributed by atoms with Gasteiger partial charge in [0.1, 0.15) is 0 Å². The number of likely N-dealkylation sites (tertiary alicyclic amines) is 1. The van der Waals surface area contributed by atoms with Crippen LogP contribution in [0.3, 0.4) is 0 Å². The molecule has 2 aliphatic rings. The molecule has 1 heterocycles. The molecule has 21 heavy (non-hydrogen) atoms. The lowest BCUT2D eigenvalue weighted by molar-refractivity contribution is 0.0876. The van der Waals surface area contributed by atoms with Gasteiger partial charge in [0.25, 0.3) is 0 Å². The molecule has 0 aromatic carbocycles. The lowest BCUT2D eigenvalue weighted by Crippen LogP contribution is -2.48. The minimum absolute atomic E-state index is 0.561. The highest BCUT2D eigenvalue weighted by Crippen LogP contribution is 2.38. The number of hydrogen-bond acceptors (Lipinski definition) is 3. The van der Waals surface area contributed by atoms with E-state index in [9.17, 15) is 0 Å². The SMILES string of the molecule is CCCNCC1(CN(C)C2CCN(CC)CC2)CCCC1. The van der Waals surface area contributed by atoms with E-state index in [4.69, 9.17) is 0 Å². The highest BCUT2D eigenvalue weighted by Gasteiger charge is 2.36. The molecule has 1 saturated carbocycles. The third-order valence-corrected chi connectivity index (χ3v) is 5.80. The summed E-state index contributed by atoms with van der Waals surface area (Å²) in [7, 11) is 2.38. The lowest BCUT2D eigenvalue weighted by Gasteiger charge is -2.41. The third-order valence-electron chi connectivity index (χ3n) is 5.80. The molecule has 1 N–H and O–H groups in total. The molecule has 0 unspecified atom stereocenters. The van der Waals surface area contributed by atoms with Crippen LogP contribution in [0.2, 0.25) is 0 Å². The first-order valence-corrected chi connectivity index (χ1v) is 9.32. The second-order valence-electron chi connectivity index (χ2n) is 7.46. The van der Waals surface area contributed by atoms with Gasteiger partial charge in [-0.15, -0.1) is 0 Å². The Morgan fingerprint density at radius 3 is 2.38 bits per heavy atom. The van der Waals surface area contributed by atoms with Crippen LogP contribution >= 0.6 is 0 Å². The summed E-state index contributed by atoms with van der Waals surface area (Å²) in [5.41, 5.74) is 0.561. The van der Waals surface area contributed by atoms with Gasteiger partial charge < -0.3 is 15.1 Å². The molecular weight excluding hydrogens is 258 g/mol. The Bertz CT molecular complexity index is 278. The summed E-state index contributed by atoms with van der Waals surface area (Å²) in [6.07, 6.45) is 9.72. The van der Waals surface area contributed by atoms with Gasteiger partial charge in [0.15, 0.2) is 0 Å². The van der Waals surface area contributed by atoms with Crippen LogP contribution in [-0.4, -0.2) is 62.2 Å². The van der Waals surface area contributed by atoms with E-state index in [1.165, 1.54) is 84.2 Å². The zero-order valence-electron chi connectivity index (χ0n) is 14.7. The summed E-state index contributed by atoms with van der Waals surface area (Å²) in [4.78, 5) is 5.30. The van der Waals surface area contributed by atoms with Gasteiger partial charge in [-0.2, -0.15) is 0 Å². The summed E-state index contributed by atoms with van der Waals surface area (Å²) in [6, 6.07) is 0.816. The molecule has 0 spiro atoms. The molecule has 124 valence electrons. The fourth-order valence-electron chi connectivity index (χ4n) is 4.38. The Morgan fingerprint density at radius 2 is 1.81 bits per heavy atom. The van der Waals surface area contributed by atoms with Crippen LogP contribution in [0.5, 0.6) is 0 Å². The molecule has 0 atom stereocenters. The smallest absolute Gasteiger partial charge is 0.0117 e. The van der Waals surface area contributed by atoms with Crippen molar-refractivity contribution >= 4 is 0 Å². The van der Waals surface area contributed by atoms with Crippen molar-refractivity contribution in [2.45, 2.75) is 64.8 Å². The highest BCUT2D eigenvalue weighted by molar-refractivity contribution is 4.91. The van der Waals surface area contributed by atoms with Gasteiger partial charge >= 0.3 is 0 Å². The van der Waals surface area contributed by atoms with Crippen molar-refractivity contribution in [3.8, 4) is 0 Å². The fourth-order valence-corrected chi connectivity index (χ4v) is 4.38. The molecule has 3 nitrogen and oxygen atoms in total. The van der Waals surface area contributed by atoms with Crippen LogP contribution in [0.4, 0.5) is 0 Å². The van der Waals surface area contributed by atoms with Crippen molar-refractivity contribution in [1.82, 2.24) is 15.1 Å². The molecule has 1 saturated heterocycles. The maximum atomic E-state index is 3.71. The van der Waals surface area contributed by atoms with Crippen molar-refractivity contribution in [2.24, 2.45) is 5.41 Å². The Morgan fingerprint density at radius 1 is 1.14 bits per heavy atom. The molecule has 2 rings (SSSR count). The summed E-state index contributed by atoms with van der Waals surface area (Å²) >= 11 is 0. The third kappa shape index (κ3) is 4.94. The molecule has 1 aliphatic heterocycles. The largest absolute Gasteiger partial charge is 0.316 e. The van der Waals surface area contributed by atoms with Gasteiger partial charge in [0.2, 0.25) is 0 Å². The monoisotopic (exact) mass is 295 g/mol. The number of hydrogen-bond donors (Lipinski definition) is 1. The van der Waals surface area contributed by atoms with Gasteiger partial charge in [0, 0.05) is 19.1 Å². The van der Waals surface area contributed by atoms with Gasteiger partial charge in [-0.3, -0.25) is 0 Å². The van der Waals surface area contributed by atoms with E-state index < -0.39 is 0 Å². The molecule has 2 fully saturated rings. The van der Waals surface area contributed by atoms with Crippen LogP contribution in [-0.2, 0) is 0 Å². The average molecular weight is 296 g/mol. The van der Waals surface area contributed by atoms with E-state index in [0.29, 0.717) is 5.41 Å². The Labute approximate surface area is 132 Å². The van der Waals surface area contributed by atoms with E-state index in [1.807, 2.05) is 0 Å². The van der Waals surface area contributed by atoms with E-state index in [-0.39, 0.29) is 0 Å². The van der Waals surface area contributed by atoms with Crippen LogP contribution in [0, 0.1) is 5.41 Å². The van der Waals surface area contributed by atoms with E-state index >= 15 is 0 Å². The van der Waals surface area contributed by atoms with Crippen LogP contribution in [0.15, 0.2) is 0 Å². The minimum atomic E-state index is 0.561. The highest BCUT2D eigenvalue weighted by atomic mass is 15.2. The predicted molar refractivity (Wildman–Crippen MR) is 91.8 cm³/mol. The van der Waals surface area contributed by atoms with Crippen molar-refractivity contribution < 1.29 is 0 Å². The topological polar surface area (TPSA) is 18.5 Å². The van der Waals surface area contributed by atoms with Gasteiger partial charge in [-0.05, 0) is 70.7 Å². The summed E-state index contributed by atoms with van der Waals surface area (Å²) in [5.74, 6) is 0. The average Bonchev–Trinajstić information content (AvgIpc) is 2.96. The van der Waals surface area contributed by atoms with E-state index in [2.05, 4.69) is 36.0 Å². The minimum Gasteiger partial charge on any atom is -0.316 e. The van der Waals surface area contributed by atoms with Crippen molar-refractivity contribution in [3.05, 3.63) is 0 Å². The van der Waals surface area contributed by atoms with Gasteiger partial charge in [0.05, 0.1) is 0 Å². The quantitative estimate of drug-likeness (QED) is 0.695. The van der Waals surface area contributed by atoms with Crippen LogP contribution in [0.25, 0.3) is 0 Å². The first-order chi connectivity index (χ1) is 10.2. The normalized spacial score (nSPS) is 24.0. The molecule has 0 bridgehead atoms.